The van der Waals surface area contributed by atoms with Crippen LogP contribution in [0.3, 0.4) is 0 Å². The van der Waals surface area contributed by atoms with Gasteiger partial charge >= 0.3 is 0 Å². The Kier molecular flexibility index (Phi) is 3.98. The van der Waals surface area contributed by atoms with Crippen LogP contribution in [-0.2, 0) is 11.8 Å². The topological polar surface area (TPSA) is 93.2 Å². The molecule has 1 aliphatic carbocycles. The molecule has 1 aromatic heterocycles. The molecular weight excluding hydrogens is 232 g/mol. The summed E-state index contributed by atoms with van der Waals surface area (Å²) in [5.74, 6) is 0.175. The molecule has 18 heavy (non-hydrogen) atoms. The molecule has 3 atom stereocenters. The van der Waals surface area contributed by atoms with Crippen LogP contribution >= 0.6 is 0 Å². The Morgan fingerprint density at radius 2 is 2.50 bits per heavy atom. The number of hydrogen-bond acceptors (Lipinski definition) is 4. The maximum atomic E-state index is 11.9. The average molecular weight is 252 g/mol. The molecule has 0 aliphatic heterocycles. The summed E-state index contributed by atoms with van der Waals surface area (Å²) < 4.78 is 1.62. The summed E-state index contributed by atoms with van der Waals surface area (Å²) in [5.41, 5.74) is 6.56. The van der Waals surface area contributed by atoms with Gasteiger partial charge in [-0.15, -0.1) is 0 Å². The average Bonchev–Trinajstić information content (AvgIpc) is 2.94. The van der Waals surface area contributed by atoms with Crippen LogP contribution in [0.4, 0.5) is 0 Å². The Morgan fingerprint density at radius 3 is 3.06 bits per heavy atom. The molecule has 1 fully saturated rings. The zero-order valence-electron chi connectivity index (χ0n) is 10.5. The first-order valence-electron chi connectivity index (χ1n) is 6.26. The van der Waals surface area contributed by atoms with Crippen LogP contribution in [0, 0.1) is 5.92 Å². The predicted molar refractivity (Wildman–Crippen MR) is 66.5 cm³/mol. The number of hydrogen-bond donors (Lipinski definition) is 3. The second-order valence-electron chi connectivity index (χ2n) is 5.00. The van der Waals surface area contributed by atoms with Crippen LogP contribution in [0.2, 0.25) is 0 Å². The number of nitrogens with zero attached hydrogens (tertiary/aromatic N) is 2. The van der Waals surface area contributed by atoms with Crippen molar-refractivity contribution in [1.29, 1.82) is 0 Å². The second-order valence-corrected chi connectivity index (χ2v) is 5.00. The first-order valence-corrected chi connectivity index (χ1v) is 6.26. The van der Waals surface area contributed by atoms with Gasteiger partial charge in [-0.1, -0.05) is 0 Å². The van der Waals surface area contributed by atoms with Crippen molar-refractivity contribution in [3.8, 4) is 0 Å². The number of aliphatic hydroxyl groups excluding tert-OH is 1. The van der Waals surface area contributed by atoms with Crippen molar-refractivity contribution < 1.29 is 9.90 Å². The minimum atomic E-state index is -0.676. The van der Waals surface area contributed by atoms with Gasteiger partial charge < -0.3 is 16.2 Å². The van der Waals surface area contributed by atoms with E-state index in [1.165, 1.54) is 0 Å². The first kappa shape index (κ1) is 13.0. The lowest BCUT2D eigenvalue weighted by Crippen LogP contribution is -2.36. The van der Waals surface area contributed by atoms with Gasteiger partial charge in [0, 0.05) is 25.4 Å². The zero-order valence-corrected chi connectivity index (χ0v) is 10.5. The fraction of sp³-hybridized carbons (Fsp3) is 0.667. The molecule has 1 aliphatic rings. The molecule has 100 valence electrons. The highest BCUT2D eigenvalue weighted by Crippen LogP contribution is 2.24. The fourth-order valence-corrected chi connectivity index (χ4v) is 2.34. The standard InChI is InChI=1S/C12H20N4O2/c1-16-7-9(6-15-16)11(13)12(18)14-5-8-2-3-10(17)4-8/h6-8,10-11,17H,2-5,13H2,1H3,(H,14,18). The molecule has 6 heteroatoms. The first-order chi connectivity index (χ1) is 8.56. The van der Waals surface area contributed by atoms with E-state index in [-0.39, 0.29) is 12.0 Å². The van der Waals surface area contributed by atoms with Gasteiger partial charge in [-0.2, -0.15) is 5.10 Å². The van der Waals surface area contributed by atoms with E-state index in [4.69, 9.17) is 5.73 Å². The van der Waals surface area contributed by atoms with E-state index in [0.29, 0.717) is 18.0 Å². The summed E-state index contributed by atoms with van der Waals surface area (Å²) in [6.45, 7) is 0.587. The molecule has 0 radical (unpaired) electrons. The number of aliphatic hydroxyl groups is 1. The lowest BCUT2D eigenvalue weighted by Gasteiger charge is -2.14. The van der Waals surface area contributed by atoms with Gasteiger partial charge in [-0.05, 0) is 25.2 Å². The van der Waals surface area contributed by atoms with Crippen LogP contribution in [0.1, 0.15) is 30.9 Å². The molecular formula is C12H20N4O2. The number of aromatic nitrogens is 2. The summed E-state index contributed by atoms with van der Waals surface area (Å²) in [5, 5.41) is 16.2. The molecule has 0 bridgehead atoms. The van der Waals surface area contributed by atoms with Crippen LogP contribution < -0.4 is 11.1 Å². The molecule has 0 aromatic carbocycles. The van der Waals surface area contributed by atoms with Gasteiger partial charge in [0.1, 0.15) is 6.04 Å². The Labute approximate surface area is 106 Å². The van der Waals surface area contributed by atoms with Crippen molar-refractivity contribution in [2.75, 3.05) is 6.54 Å². The van der Waals surface area contributed by atoms with Crippen molar-refractivity contribution in [3.63, 3.8) is 0 Å². The molecule has 1 heterocycles. The van der Waals surface area contributed by atoms with Crippen LogP contribution in [0.25, 0.3) is 0 Å². The molecule has 1 saturated carbocycles. The summed E-state index contributed by atoms with van der Waals surface area (Å²) in [6, 6.07) is -0.676. The summed E-state index contributed by atoms with van der Waals surface area (Å²) in [6.07, 6.45) is 5.69. The van der Waals surface area contributed by atoms with Crippen molar-refractivity contribution in [1.82, 2.24) is 15.1 Å². The number of nitrogens with one attached hydrogen (secondary N) is 1. The van der Waals surface area contributed by atoms with E-state index < -0.39 is 6.04 Å². The van der Waals surface area contributed by atoms with E-state index in [1.54, 1.807) is 24.1 Å². The Hall–Kier alpha value is -1.40. The minimum absolute atomic E-state index is 0.190. The van der Waals surface area contributed by atoms with Gasteiger partial charge in [-0.3, -0.25) is 9.48 Å². The maximum Gasteiger partial charge on any atom is 0.241 e. The van der Waals surface area contributed by atoms with E-state index in [9.17, 15) is 9.90 Å². The quantitative estimate of drug-likeness (QED) is 0.685. The maximum absolute atomic E-state index is 11.9. The van der Waals surface area contributed by atoms with Crippen LogP contribution in [0.5, 0.6) is 0 Å². The lowest BCUT2D eigenvalue weighted by atomic mass is 10.1. The predicted octanol–water partition coefficient (Wildman–Crippen LogP) is -0.303. The molecule has 6 nitrogen and oxygen atoms in total. The highest BCUT2D eigenvalue weighted by atomic mass is 16.3. The Balaban J connectivity index is 1.81. The molecule has 1 aromatic rings. The smallest absolute Gasteiger partial charge is 0.241 e. The van der Waals surface area contributed by atoms with Crippen LogP contribution in [-0.4, -0.2) is 33.4 Å². The molecule has 1 amide bonds. The molecule has 0 saturated heterocycles. The number of aryl methyl sites for hydroxylation is 1. The Bertz CT molecular complexity index is 418. The van der Waals surface area contributed by atoms with Gasteiger partial charge in [0.2, 0.25) is 5.91 Å². The van der Waals surface area contributed by atoms with Gasteiger partial charge in [0.15, 0.2) is 0 Å². The van der Waals surface area contributed by atoms with Gasteiger partial charge in [0.25, 0.3) is 0 Å². The Morgan fingerprint density at radius 1 is 1.72 bits per heavy atom. The highest BCUT2D eigenvalue weighted by Gasteiger charge is 2.24. The minimum Gasteiger partial charge on any atom is -0.393 e. The third-order valence-electron chi connectivity index (χ3n) is 3.44. The second kappa shape index (κ2) is 5.49. The SMILES string of the molecule is Cn1cc(C(N)C(=O)NCC2CCC(O)C2)cn1. The number of nitrogens with two attached hydrogens (primary N) is 1. The summed E-state index contributed by atoms with van der Waals surface area (Å²) >= 11 is 0. The van der Waals surface area contributed by atoms with Crippen LogP contribution in [0.15, 0.2) is 12.4 Å². The van der Waals surface area contributed by atoms with Gasteiger partial charge in [0.05, 0.1) is 12.3 Å². The van der Waals surface area contributed by atoms with E-state index in [2.05, 4.69) is 10.4 Å². The highest BCUT2D eigenvalue weighted by molar-refractivity contribution is 5.82. The number of carbonyl (C=O) groups excluding carboxylic acids is 1. The molecule has 0 spiro atoms. The lowest BCUT2D eigenvalue weighted by molar-refractivity contribution is -0.122. The third kappa shape index (κ3) is 3.08. The number of rotatable bonds is 4. The summed E-state index contributed by atoms with van der Waals surface area (Å²) in [7, 11) is 1.79. The van der Waals surface area contributed by atoms with Crippen molar-refractivity contribution in [3.05, 3.63) is 18.0 Å². The van der Waals surface area contributed by atoms with E-state index >= 15 is 0 Å². The van der Waals surface area contributed by atoms with Crippen molar-refractivity contribution in [2.45, 2.75) is 31.4 Å². The molecule has 2 rings (SSSR count). The van der Waals surface area contributed by atoms with Crippen molar-refractivity contribution in [2.24, 2.45) is 18.7 Å². The zero-order chi connectivity index (χ0) is 13.1. The van der Waals surface area contributed by atoms with Crippen molar-refractivity contribution >= 4 is 5.91 Å². The molecule has 4 N–H and O–H groups in total. The number of carbonyl (C=O) groups is 1. The fourth-order valence-electron chi connectivity index (χ4n) is 2.34. The summed E-state index contributed by atoms with van der Waals surface area (Å²) in [4.78, 5) is 11.9. The van der Waals surface area contributed by atoms with Gasteiger partial charge in [-0.25, -0.2) is 0 Å². The third-order valence-corrected chi connectivity index (χ3v) is 3.44. The molecule has 3 unspecified atom stereocenters. The normalized spacial score (nSPS) is 25.1. The van der Waals surface area contributed by atoms with E-state index in [0.717, 1.165) is 19.3 Å². The number of amides is 1. The monoisotopic (exact) mass is 252 g/mol. The largest absolute Gasteiger partial charge is 0.393 e. The van der Waals surface area contributed by atoms with E-state index in [1.807, 2.05) is 0 Å².